The molecule has 0 bridgehead atoms. The van der Waals surface area contributed by atoms with Crippen LogP contribution in [-0.2, 0) is 11.2 Å². The molecule has 0 spiro atoms. The number of hydrogen-bond donors (Lipinski definition) is 3. The molecule has 0 unspecified atom stereocenters. The van der Waals surface area contributed by atoms with Crippen molar-refractivity contribution < 1.29 is 23.5 Å². The average Bonchev–Trinajstić information content (AvgIpc) is 2.24. The smallest absolute Gasteiger partial charge is 0.405 e. The maximum atomic E-state index is 13.1. The third-order valence-electron chi connectivity index (χ3n) is 2.76. The number of nitrogens with one attached hydrogen (secondary N) is 2. The van der Waals surface area contributed by atoms with Gasteiger partial charge in [-0.25, -0.2) is 13.6 Å². The zero-order valence-corrected chi connectivity index (χ0v) is 12.0. The van der Waals surface area contributed by atoms with E-state index in [2.05, 4.69) is 5.32 Å². The summed E-state index contributed by atoms with van der Waals surface area (Å²) in [6.45, 7) is 4.77. The van der Waals surface area contributed by atoms with Gasteiger partial charge in [-0.1, -0.05) is 0 Å². The molecule has 0 heterocycles. The highest BCUT2D eigenvalue weighted by molar-refractivity contribution is 5.85. The minimum Gasteiger partial charge on any atom is -0.465 e. The van der Waals surface area contributed by atoms with E-state index in [0.717, 1.165) is 6.07 Å². The quantitative estimate of drug-likeness (QED) is 0.779. The van der Waals surface area contributed by atoms with Crippen molar-refractivity contribution in [3.63, 3.8) is 0 Å². The fourth-order valence-electron chi connectivity index (χ4n) is 1.96. The first-order valence-corrected chi connectivity index (χ1v) is 6.35. The lowest BCUT2D eigenvalue weighted by molar-refractivity contribution is -0.124. The number of amides is 2. The lowest BCUT2D eigenvalue weighted by atomic mass is 9.94. The van der Waals surface area contributed by atoms with Gasteiger partial charge in [-0.2, -0.15) is 0 Å². The van der Waals surface area contributed by atoms with E-state index in [1.807, 2.05) is 5.32 Å². The van der Waals surface area contributed by atoms with Gasteiger partial charge in [0.2, 0.25) is 5.91 Å². The normalized spacial score (nSPS) is 12.6. The van der Waals surface area contributed by atoms with E-state index in [9.17, 15) is 18.4 Å². The van der Waals surface area contributed by atoms with Gasteiger partial charge < -0.3 is 15.7 Å². The monoisotopic (exact) mass is 300 g/mol. The second kappa shape index (κ2) is 6.51. The summed E-state index contributed by atoms with van der Waals surface area (Å²) in [6.07, 6.45) is -1.10. The molecule has 0 aliphatic carbocycles. The first-order valence-electron chi connectivity index (χ1n) is 6.35. The zero-order chi connectivity index (χ0) is 16.2. The molecule has 0 saturated carbocycles. The van der Waals surface area contributed by atoms with Crippen LogP contribution < -0.4 is 10.6 Å². The second-order valence-electron chi connectivity index (χ2n) is 5.50. The maximum absolute atomic E-state index is 13.1. The van der Waals surface area contributed by atoms with E-state index in [4.69, 9.17) is 5.11 Å². The summed E-state index contributed by atoms with van der Waals surface area (Å²) in [5, 5.41) is 13.2. The molecule has 0 saturated heterocycles. The van der Waals surface area contributed by atoms with Gasteiger partial charge in [-0.3, -0.25) is 4.79 Å². The van der Waals surface area contributed by atoms with Crippen LogP contribution in [0.5, 0.6) is 0 Å². The highest BCUT2D eigenvalue weighted by Crippen LogP contribution is 2.15. The van der Waals surface area contributed by atoms with Gasteiger partial charge in [0, 0.05) is 11.6 Å². The molecule has 2 amide bonds. The molecule has 3 N–H and O–H groups in total. The highest BCUT2D eigenvalue weighted by Gasteiger charge is 2.25. The minimum atomic E-state index is -1.30. The Bertz CT molecular complexity index is 527. The number of rotatable bonds is 5. The van der Waals surface area contributed by atoms with E-state index in [1.54, 1.807) is 13.8 Å². The predicted octanol–water partition coefficient (Wildman–Crippen LogP) is 2.06. The number of carboxylic acid groups (broad SMARTS) is 1. The van der Waals surface area contributed by atoms with E-state index >= 15 is 0 Å². The Hall–Kier alpha value is -2.18. The number of carbonyl (C=O) groups is 2. The SMILES string of the molecule is C[C@H](NC(=O)O)C(=O)NC(C)(C)Cc1cc(F)cc(F)c1. The van der Waals surface area contributed by atoms with E-state index < -0.39 is 35.2 Å². The third-order valence-corrected chi connectivity index (χ3v) is 2.76. The summed E-state index contributed by atoms with van der Waals surface area (Å²) in [5.41, 5.74) is -0.386. The van der Waals surface area contributed by atoms with E-state index in [0.29, 0.717) is 5.56 Å². The van der Waals surface area contributed by atoms with Crippen LogP contribution in [0.25, 0.3) is 0 Å². The largest absolute Gasteiger partial charge is 0.465 e. The molecule has 1 rings (SSSR count). The summed E-state index contributed by atoms with van der Waals surface area (Å²) >= 11 is 0. The second-order valence-corrected chi connectivity index (χ2v) is 5.50. The van der Waals surface area contributed by atoms with Crippen LogP contribution in [0.3, 0.4) is 0 Å². The summed E-state index contributed by atoms with van der Waals surface area (Å²) in [7, 11) is 0. The Kier molecular flexibility index (Phi) is 5.23. The van der Waals surface area contributed by atoms with Crippen LogP contribution in [0, 0.1) is 11.6 Å². The fraction of sp³-hybridized carbons (Fsp3) is 0.429. The van der Waals surface area contributed by atoms with Crippen molar-refractivity contribution in [1.29, 1.82) is 0 Å². The molecule has 1 atom stereocenters. The topological polar surface area (TPSA) is 78.4 Å². The Morgan fingerprint density at radius 1 is 1.24 bits per heavy atom. The molecule has 7 heteroatoms. The summed E-state index contributed by atoms with van der Waals surface area (Å²) in [6, 6.07) is 2.23. The van der Waals surface area contributed by atoms with Crippen LogP contribution in [0.15, 0.2) is 18.2 Å². The predicted molar refractivity (Wildman–Crippen MR) is 72.9 cm³/mol. The van der Waals surface area contributed by atoms with Crippen LogP contribution in [0.1, 0.15) is 26.3 Å². The summed E-state index contributed by atoms with van der Waals surface area (Å²) in [4.78, 5) is 22.3. The van der Waals surface area contributed by atoms with Gasteiger partial charge >= 0.3 is 6.09 Å². The molecule has 5 nitrogen and oxygen atoms in total. The Morgan fingerprint density at radius 2 is 1.76 bits per heavy atom. The van der Waals surface area contributed by atoms with E-state index in [-0.39, 0.29) is 6.42 Å². The molecular formula is C14H18F2N2O3. The Balaban J connectivity index is 2.72. The standard InChI is InChI=1S/C14H18F2N2O3/c1-8(17-13(20)21)12(19)18-14(2,3)7-9-4-10(15)6-11(16)5-9/h4-6,8,17H,7H2,1-3H3,(H,18,19)(H,20,21)/t8-/m0/s1. The van der Waals surface area contributed by atoms with Gasteiger partial charge in [0.15, 0.2) is 0 Å². The van der Waals surface area contributed by atoms with Crippen molar-refractivity contribution >= 4 is 12.0 Å². The number of hydrogen-bond acceptors (Lipinski definition) is 2. The van der Waals surface area contributed by atoms with Crippen LogP contribution in [-0.4, -0.2) is 28.7 Å². The maximum Gasteiger partial charge on any atom is 0.405 e. The van der Waals surface area contributed by atoms with Crippen molar-refractivity contribution in [3.05, 3.63) is 35.4 Å². The molecular weight excluding hydrogens is 282 g/mol. The first-order chi connectivity index (χ1) is 9.59. The third kappa shape index (κ3) is 5.76. The Labute approximate surface area is 121 Å². The molecule has 0 aliphatic heterocycles. The minimum absolute atomic E-state index is 0.202. The van der Waals surface area contributed by atoms with Crippen molar-refractivity contribution in [2.75, 3.05) is 0 Å². The van der Waals surface area contributed by atoms with Crippen LogP contribution in [0.2, 0.25) is 0 Å². The number of carbonyl (C=O) groups excluding carboxylic acids is 1. The van der Waals surface area contributed by atoms with Crippen LogP contribution in [0.4, 0.5) is 13.6 Å². The van der Waals surface area contributed by atoms with Crippen molar-refractivity contribution in [1.82, 2.24) is 10.6 Å². The Morgan fingerprint density at radius 3 is 2.24 bits per heavy atom. The van der Waals surface area contributed by atoms with Crippen molar-refractivity contribution in [2.24, 2.45) is 0 Å². The summed E-state index contributed by atoms with van der Waals surface area (Å²) in [5.74, 6) is -1.89. The van der Waals surface area contributed by atoms with Gasteiger partial charge in [0.05, 0.1) is 0 Å². The lowest BCUT2D eigenvalue weighted by Gasteiger charge is -2.28. The van der Waals surface area contributed by atoms with E-state index in [1.165, 1.54) is 19.1 Å². The van der Waals surface area contributed by atoms with Gasteiger partial charge in [0.25, 0.3) is 0 Å². The highest BCUT2D eigenvalue weighted by atomic mass is 19.1. The molecule has 0 aliphatic rings. The average molecular weight is 300 g/mol. The van der Waals surface area contributed by atoms with Crippen molar-refractivity contribution in [2.45, 2.75) is 38.8 Å². The molecule has 1 aromatic carbocycles. The first kappa shape index (κ1) is 16.9. The lowest BCUT2D eigenvalue weighted by Crippen LogP contribution is -2.52. The van der Waals surface area contributed by atoms with Gasteiger partial charge in [-0.15, -0.1) is 0 Å². The van der Waals surface area contributed by atoms with Gasteiger partial charge in [0.1, 0.15) is 17.7 Å². The van der Waals surface area contributed by atoms with Crippen molar-refractivity contribution in [3.8, 4) is 0 Å². The molecule has 1 aromatic rings. The zero-order valence-electron chi connectivity index (χ0n) is 12.0. The van der Waals surface area contributed by atoms with Crippen LogP contribution >= 0.6 is 0 Å². The summed E-state index contributed by atoms with van der Waals surface area (Å²) < 4.78 is 26.3. The number of benzene rings is 1. The molecule has 21 heavy (non-hydrogen) atoms. The molecule has 0 aromatic heterocycles. The molecule has 116 valence electrons. The fourth-order valence-corrected chi connectivity index (χ4v) is 1.96. The van der Waals surface area contributed by atoms with Gasteiger partial charge in [-0.05, 0) is 44.9 Å². The number of halogens is 2. The molecule has 0 fully saturated rings. The molecule has 0 radical (unpaired) electrons.